The van der Waals surface area contributed by atoms with Gasteiger partial charge in [0.05, 0.1) is 0 Å². The zero-order valence-corrected chi connectivity index (χ0v) is 12.1. The van der Waals surface area contributed by atoms with Gasteiger partial charge in [-0.3, -0.25) is 9.78 Å². The predicted molar refractivity (Wildman–Crippen MR) is 77.4 cm³/mol. The van der Waals surface area contributed by atoms with E-state index >= 15 is 0 Å². The minimum atomic E-state index is 0.0688. The second-order valence-corrected chi connectivity index (χ2v) is 5.51. The summed E-state index contributed by atoms with van der Waals surface area (Å²) >= 11 is 0. The summed E-state index contributed by atoms with van der Waals surface area (Å²) in [6.07, 6.45) is 5.06. The molecule has 0 aromatic carbocycles. The van der Waals surface area contributed by atoms with Crippen LogP contribution in [0.25, 0.3) is 0 Å². The molecule has 3 N–H and O–H groups in total. The highest BCUT2D eigenvalue weighted by atomic mass is 16.1. The first kappa shape index (κ1) is 15.6. The number of hydrogen-bond acceptors (Lipinski definition) is 3. The molecule has 0 radical (unpaired) electrons. The van der Waals surface area contributed by atoms with Crippen molar-refractivity contribution in [3.8, 4) is 0 Å². The first-order valence-electron chi connectivity index (χ1n) is 6.89. The van der Waals surface area contributed by atoms with Gasteiger partial charge in [-0.15, -0.1) is 0 Å². The second-order valence-electron chi connectivity index (χ2n) is 5.51. The normalized spacial score (nSPS) is 12.5. The molecule has 19 heavy (non-hydrogen) atoms. The van der Waals surface area contributed by atoms with Crippen molar-refractivity contribution in [1.82, 2.24) is 10.3 Å². The van der Waals surface area contributed by atoms with E-state index < -0.39 is 0 Å². The van der Waals surface area contributed by atoms with Gasteiger partial charge in [0.25, 0.3) is 0 Å². The van der Waals surface area contributed by atoms with Crippen LogP contribution in [-0.4, -0.2) is 17.4 Å². The summed E-state index contributed by atoms with van der Waals surface area (Å²) in [5.41, 5.74) is 7.92. The molecule has 0 bridgehead atoms. The number of amides is 1. The van der Waals surface area contributed by atoms with Gasteiger partial charge >= 0.3 is 0 Å². The van der Waals surface area contributed by atoms with Crippen molar-refractivity contribution in [2.75, 3.05) is 6.54 Å². The van der Waals surface area contributed by atoms with E-state index in [-0.39, 0.29) is 11.8 Å². The summed E-state index contributed by atoms with van der Waals surface area (Å²) in [4.78, 5) is 16.0. The summed E-state index contributed by atoms with van der Waals surface area (Å²) in [6, 6.07) is 1.95. The molecule has 1 amide bonds. The highest BCUT2D eigenvalue weighted by Gasteiger charge is 2.14. The predicted octanol–water partition coefficient (Wildman–Crippen LogP) is 2.02. The Bertz CT molecular complexity index is 404. The molecule has 1 heterocycles. The van der Waals surface area contributed by atoms with Gasteiger partial charge in [-0.25, -0.2) is 0 Å². The Balaban J connectivity index is 2.41. The molecule has 0 aliphatic rings. The molecule has 0 aliphatic carbocycles. The smallest absolute Gasteiger partial charge is 0.220 e. The van der Waals surface area contributed by atoms with Crippen molar-refractivity contribution in [2.24, 2.45) is 17.6 Å². The minimum Gasteiger partial charge on any atom is -0.352 e. The number of aryl methyl sites for hydroxylation is 1. The molecule has 0 spiro atoms. The number of carbonyl (C=O) groups excluding carboxylic acids is 1. The summed E-state index contributed by atoms with van der Waals surface area (Å²) in [7, 11) is 0. The third kappa shape index (κ3) is 5.83. The van der Waals surface area contributed by atoms with Crippen LogP contribution in [0.2, 0.25) is 0 Å². The number of nitrogens with one attached hydrogen (secondary N) is 1. The molecule has 1 atom stereocenters. The number of hydrogen-bond donors (Lipinski definition) is 2. The molecule has 0 saturated heterocycles. The SMILES string of the molecule is Cc1ccncc1CNC(=O)C[C@@H](CN)CC(C)C. The number of aromatic nitrogens is 1. The van der Waals surface area contributed by atoms with Gasteiger partial charge in [-0.2, -0.15) is 0 Å². The van der Waals surface area contributed by atoms with Gasteiger partial charge in [0, 0.05) is 25.4 Å². The number of nitrogens with two attached hydrogens (primary N) is 1. The largest absolute Gasteiger partial charge is 0.352 e. The molecule has 0 aliphatic heterocycles. The number of carbonyl (C=O) groups is 1. The summed E-state index contributed by atoms with van der Waals surface area (Å²) < 4.78 is 0. The van der Waals surface area contributed by atoms with Crippen LogP contribution in [0.4, 0.5) is 0 Å². The standard InChI is InChI=1S/C15H25N3O/c1-11(2)6-13(8-16)7-15(19)18-10-14-9-17-5-4-12(14)3/h4-5,9,11,13H,6-8,10,16H2,1-3H3,(H,18,19)/t13-/m0/s1. The van der Waals surface area contributed by atoms with Gasteiger partial charge in [-0.05, 0) is 48.9 Å². The van der Waals surface area contributed by atoms with Crippen molar-refractivity contribution in [1.29, 1.82) is 0 Å². The van der Waals surface area contributed by atoms with Crippen LogP contribution in [0.3, 0.4) is 0 Å². The topological polar surface area (TPSA) is 68.0 Å². The van der Waals surface area contributed by atoms with E-state index in [1.807, 2.05) is 13.0 Å². The van der Waals surface area contributed by atoms with E-state index in [0.717, 1.165) is 17.5 Å². The van der Waals surface area contributed by atoms with Crippen molar-refractivity contribution in [2.45, 2.75) is 40.2 Å². The van der Waals surface area contributed by atoms with E-state index in [1.165, 1.54) is 0 Å². The molecule has 0 unspecified atom stereocenters. The fourth-order valence-electron chi connectivity index (χ4n) is 2.14. The monoisotopic (exact) mass is 263 g/mol. The summed E-state index contributed by atoms with van der Waals surface area (Å²) in [6.45, 7) is 7.43. The highest BCUT2D eigenvalue weighted by molar-refractivity contribution is 5.76. The zero-order valence-electron chi connectivity index (χ0n) is 12.1. The third-order valence-corrected chi connectivity index (χ3v) is 3.24. The van der Waals surface area contributed by atoms with Crippen LogP contribution < -0.4 is 11.1 Å². The van der Waals surface area contributed by atoms with E-state index in [2.05, 4.69) is 24.1 Å². The summed E-state index contributed by atoms with van der Waals surface area (Å²) in [5.74, 6) is 0.913. The number of rotatable bonds is 7. The lowest BCUT2D eigenvalue weighted by molar-refractivity contribution is -0.122. The average molecular weight is 263 g/mol. The van der Waals surface area contributed by atoms with Gasteiger partial charge in [0.15, 0.2) is 0 Å². The first-order chi connectivity index (χ1) is 9.02. The molecular formula is C15H25N3O. The van der Waals surface area contributed by atoms with Crippen LogP contribution in [0.15, 0.2) is 18.5 Å². The van der Waals surface area contributed by atoms with Crippen molar-refractivity contribution in [3.63, 3.8) is 0 Å². The second kappa shape index (κ2) is 7.89. The Morgan fingerprint density at radius 2 is 2.21 bits per heavy atom. The molecule has 4 heteroatoms. The Morgan fingerprint density at radius 1 is 1.47 bits per heavy atom. The van der Waals surface area contributed by atoms with Gasteiger partial charge in [0.2, 0.25) is 5.91 Å². The van der Waals surface area contributed by atoms with E-state index in [0.29, 0.717) is 25.4 Å². The minimum absolute atomic E-state index is 0.0688. The van der Waals surface area contributed by atoms with Crippen LogP contribution in [0, 0.1) is 18.8 Å². The third-order valence-electron chi connectivity index (χ3n) is 3.24. The van der Waals surface area contributed by atoms with Crippen molar-refractivity contribution in [3.05, 3.63) is 29.6 Å². The molecule has 0 saturated carbocycles. The fourth-order valence-corrected chi connectivity index (χ4v) is 2.14. The Morgan fingerprint density at radius 3 is 2.79 bits per heavy atom. The van der Waals surface area contributed by atoms with Crippen LogP contribution in [0.1, 0.15) is 37.8 Å². The van der Waals surface area contributed by atoms with Crippen LogP contribution in [-0.2, 0) is 11.3 Å². The van der Waals surface area contributed by atoms with Crippen LogP contribution in [0.5, 0.6) is 0 Å². The Labute approximate surface area is 115 Å². The maximum Gasteiger partial charge on any atom is 0.220 e. The number of nitrogens with zero attached hydrogens (tertiary/aromatic N) is 1. The lowest BCUT2D eigenvalue weighted by Crippen LogP contribution is -2.28. The highest BCUT2D eigenvalue weighted by Crippen LogP contribution is 2.14. The molecule has 4 nitrogen and oxygen atoms in total. The van der Waals surface area contributed by atoms with Gasteiger partial charge < -0.3 is 11.1 Å². The molecule has 0 fully saturated rings. The van der Waals surface area contributed by atoms with Crippen molar-refractivity contribution < 1.29 is 4.79 Å². The lowest BCUT2D eigenvalue weighted by Gasteiger charge is -2.16. The van der Waals surface area contributed by atoms with Crippen molar-refractivity contribution >= 4 is 5.91 Å². The first-order valence-corrected chi connectivity index (χ1v) is 6.89. The quantitative estimate of drug-likeness (QED) is 0.791. The zero-order chi connectivity index (χ0) is 14.3. The van der Waals surface area contributed by atoms with Gasteiger partial charge in [0.1, 0.15) is 0 Å². The Hall–Kier alpha value is -1.42. The van der Waals surface area contributed by atoms with E-state index in [4.69, 9.17) is 5.73 Å². The Kier molecular flexibility index (Phi) is 6.50. The van der Waals surface area contributed by atoms with Crippen LogP contribution >= 0.6 is 0 Å². The van der Waals surface area contributed by atoms with Gasteiger partial charge in [-0.1, -0.05) is 13.8 Å². The fraction of sp³-hybridized carbons (Fsp3) is 0.600. The van der Waals surface area contributed by atoms with E-state index in [1.54, 1.807) is 12.4 Å². The molecule has 1 aromatic heterocycles. The van der Waals surface area contributed by atoms with E-state index in [9.17, 15) is 4.79 Å². The maximum atomic E-state index is 11.9. The lowest BCUT2D eigenvalue weighted by atomic mass is 9.94. The molecule has 1 aromatic rings. The number of pyridine rings is 1. The molecule has 106 valence electrons. The maximum absolute atomic E-state index is 11.9. The molecule has 1 rings (SSSR count). The average Bonchev–Trinajstić information content (AvgIpc) is 2.36. The summed E-state index contributed by atoms with van der Waals surface area (Å²) in [5, 5.41) is 2.94. The molecular weight excluding hydrogens is 238 g/mol.